The Morgan fingerprint density at radius 3 is 3.00 bits per heavy atom. The van der Waals surface area contributed by atoms with E-state index in [9.17, 15) is 4.79 Å². The highest BCUT2D eigenvalue weighted by Crippen LogP contribution is 2.18. The van der Waals surface area contributed by atoms with E-state index >= 15 is 0 Å². The van der Waals surface area contributed by atoms with E-state index in [1.54, 1.807) is 19.1 Å². The van der Waals surface area contributed by atoms with Crippen LogP contribution in [-0.2, 0) is 4.74 Å². The van der Waals surface area contributed by atoms with Gasteiger partial charge in [-0.15, -0.1) is 11.3 Å². The van der Waals surface area contributed by atoms with Crippen LogP contribution in [0, 0.1) is 11.8 Å². The van der Waals surface area contributed by atoms with E-state index < -0.39 is 0 Å². The molecule has 1 heterocycles. The van der Waals surface area contributed by atoms with Gasteiger partial charge in [-0.1, -0.05) is 11.8 Å². The molecule has 0 radical (unpaired) electrons. The summed E-state index contributed by atoms with van der Waals surface area (Å²) in [7, 11) is 3.38. The van der Waals surface area contributed by atoms with Gasteiger partial charge in [0.25, 0.3) is 5.91 Å². The van der Waals surface area contributed by atoms with Gasteiger partial charge in [0.2, 0.25) is 0 Å². The molecule has 0 aliphatic heterocycles. The van der Waals surface area contributed by atoms with Gasteiger partial charge >= 0.3 is 0 Å². The van der Waals surface area contributed by atoms with Crippen molar-refractivity contribution in [2.24, 2.45) is 0 Å². The molecule has 0 fully saturated rings. The van der Waals surface area contributed by atoms with E-state index in [0.717, 1.165) is 5.56 Å². The maximum absolute atomic E-state index is 12.3. The average Bonchev–Trinajstić information content (AvgIpc) is 2.86. The minimum atomic E-state index is -0.0483. The second kappa shape index (κ2) is 7.95. The summed E-state index contributed by atoms with van der Waals surface area (Å²) in [6, 6.07) is 1.84. The number of nitrogens with zero attached hydrogens (tertiary/aromatic N) is 1. The Morgan fingerprint density at radius 2 is 2.37 bits per heavy atom. The fourth-order valence-electron chi connectivity index (χ4n) is 1.50. The summed E-state index contributed by atoms with van der Waals surface area (Å²) < 4.78 is 5.06. The molecule has 0 aliphatic carbocycles. The summed E-state index contributed by atoms with van der Waals surface area (Å²) in [6.07, 6.45) is 0.416. The van der Waals surface area contributed by atoms with Crippen LogP contribution >= 0.6 is 11.3 Å². The number of carbonyl (C=O) groups excluding carboxylic acids is 1. The van der Waals surface area contributed by atoms with Crippen LogP contribution < -0.4 is 0 Å². The van der Waals surface area contributed by atoms with E-state index in [0.29, 0.717) is 17.9 Å². The van der Waals surface area contributed by atoms with Crippen molar-refractivity contribution in [2.75, 3.05) is 27.4 Å². The Hall–Kier alpha value is -1.35. The van der Waals surface area contributed by atoms with Gasteiger partial charge < -0.3 is 14.7 Å². The van der Waals surface area contributed by atoms with Crippen molar-refractivity contribution in [3.05, 3.63) is 21.9 Å². The summed E-state index contributed by atoms with van der Waals surface area (Å²) in [4.78, 5) is 14.6. The lowest BCUT2D eigenvalue weighted by molar-refractivity contribution is 0.0638. The second-order valence-corrected chi connectivity index (χ2v) is 5.08. The van der Waals surface area contributed by atoms with Gasteiger partial charge in [-0.05, 0) is 18.4 Å². The van der Waals surface area contributed by atoms with Crippen molar-refractivity contribution in [1.29, 1.82) is 0 Å². The van der Waals surface area contributed by atoms with Crippen molar-refractivity contribution < 1.29 is 14.6 Å². The molecular weight excluding hydrogens is 262 g/mol. The van der Waals surface area contributed by atoms with Gasteiger partial charge in [0.15, 0.2) is 0 Å². The number of likely N-dealkylation sites (N-methyl/N-ethyl adjacent to an activating group) is 1. The van der Waals surface area contributed by atoms with Crippen molar-refractivity contribution >= 4 is 17.2 Å². The maximum atomic E-state index is 12.3. The lowest BCUT2D eigenvalue weighted by atomic mass is 10.2. The molecule has 1 rings (SSSR count). The number of thiophene rings is 1. The van der Waals surface area contributed by atoms with Crippen LogP contribution in [0.25, 0.3) is 0 Å². The Kier molecular flexibility index (Phi) is 6.57. The van der Waals surface area contributed by atoms with Crippen molar-refractivity contribution in [2.45, 2.75) is 19.4 Å². The van der Waals surface area contributed by atoms with Gasteiger partial charge in [-0.3, -0.25) is 4.79 Å². The molecule has 0 aliphatic rings. The number of aliphatic hydroxyl groups is 1. The molecule has 1 unspecified atom stereocenters. The van der Waals surface area contributed by atoms with Crippen LogP contribution in [0.3, 0.4) is 0 Å². The third-order valence-corrected chi connectivity index (χ3v) is 3.61. The third-order valence-electron chi connectivity index (χ3n) is 2.71. The van der Waals surface area contributed by atoms with E-state index in [2.05, 4.69) is 11.8 Å². The molecule has 4 nitrogen and oxygen atoms in total. The minimum Gasteiger partial charge on any atom is -0.395 e. The van der Waals surface area contributed by atoms with Crippen LogP contribution in [0.4, 0.5) is 0 Å². The molecule has 19 heavy (non-hydrogen) atoms. The van der Waals surface area contributed by atoms with E-state index in [-0.39, 0.29) is 18.6 Å². The zero-order chi connectivity index (χ0) is 14.3. The highest BCUT2D eigenvalue weighted by atomic mass is 32.1. The Morgan fingerprint density at radius 1 is 1.63 bits per heavy atom. The molecule has 1 atom stereocenters. The normalized spacial score (nSPS) is 11.6. The van der Waals surface area contributed by atoms with Crippen LogP contribution in [-0.4, -0.2) is 49.3 Å². The first kappa shape index (κ1) is 15.7. The number of hydrogen-bond acceptors (Lipinski definition) is 4. The summed E-state index contributed by atoms with van der Waals surface area (Å²) >= 11 is 1.38. The zero-order valence-corrected chi connectivity index (χ0v) is 12.3. The smallest absolute Gasteiger partial charge is 0.265 e. The zero-order valence-electron chi connectivity index (χ0n) is 11.5. The lowest BCUT2D eigenvalue weighted by Gasteiger charge is -2.23. The van der Waals surface area contributed by atoms with Gasteiger partial charge in [-0.2, -0.15) is 0 Å². The van der Waals surface area contributed by atoms with Gasteiger partial charge in [0.1, 0.15) is 4.88 Å². The molecule has 0 saturated heterocycles. The number of carbonyl (C=O) groups is 1. The first-order chi connectivity index (χ1) is 9.11. The highest BCUT2D eigenvalue weighted by molar-refractivity contribution is 7.12. The number of rotatable bonds is 5. The SMILES string of the molecule is COCC(C)N(C)C(=O)c1sccc1C#CCCO. The second-order valence-electron chi connectivity index (χ2n) is 4.16. The summed E-state index contributed by atoms with van der Waals surface area (Å²) in [5.74, 6) is 5.71. The Labute approximate surface area is 118 Å². The molecule has 0 bridgehead atoms. The standard InChI is InChI=1S/C14H19NO3S/c1-11(10-18-3)15(2)14(17)13-12(7-9-19-13)6-4-5-8-16/h7,9,11,16H,5,8,10H2,1-3H3. The summed E-state index contributed by atoms with van der Waals surface area (Å²) in [5.41, 5.74) is 0.722. The van der Waals surface area contributed by atoms with E-state index in [1.807, 2.05) is 18.4 Å². The van der Waals surface area contributed by atoms with E-state index in [1.165, 1.54) is 11.3 Å². The van der Waals surface area contributed by atoms with Gasteiger partial charge in [-0.25, -0.2) is 0 Å². The van der Waals surface area contributed by atoms with Gasteiger partial charge in [0, 0.05) is 26.1 Å². The average molecular weight is 281 g/mol. The largest absolute Gasteiger partial charge is 0.395 e. The topological polar surface area (TPSA) is 49.8 Å². The van der Waals surface area contributed by atoms with E-state index in [4.69, 9.17) is 9.84 Å². The summed E-state index contributed by atoms with van der Waals surface area (Å²) in [6.45, 7) is 2.47. The predicted octanol–water partition coefficient (Wildman–Crippen LogP) is 1.59. The lowest BCUT2D eigenvalue weighted by Crippen LogP contribution is -2.37. The van der Waals surface area contributed by atoms with Crippen LogP contribution in [0.5, 0.6) is 0 Å². The van der Waals surface area contributed by atoms with Gasteiger partial charge in [0.05, 0.1) is 19.3 Å². The molecule has 1 N–H and O–H groups in total. The molecule has 0 saturated carbocycles. The molecule has 5 heteroatoms. The number of ether oxygens (including phenoxy) is 1. The molecule has 1 aromatic heterocycles. The van der Waals surface area contributed by atoms with Crippen LogP contribution in [0.1, 0.15) is 28.6 Å². The molecular formula is C14H19NO3S. The number of aliphatic hydroxyl groups excluding tert-OH is 1. The minimum absolute atomic E-state index is 0.0119. The van der Waals surface area contributed by atoms with Crippen LogP contribution in [0.2, 0.25) is 0 Å². The Bertz CT molecular complexity index is 473. The van der Waals surface area contributed by atoms with Crippen molar-refractivity contribution in [1.82, 2.24) is 4.90 Å². The van der Waals surface area contributed by atoms with Crippen molar-refractivity contribution in [3.8, 4) is 11.8 Å². The highest BCUT2D eigenvalue weighted by Gasteiger charge is 2.20. The number of amides is 1. The first-order valence-electron chi connectivity index (χ1n) is 6.05. The third kappa shape index (κ3) is 4.35. The molecule has 104 valence electrons. The maximum Gasteiger partial charge on any atom is 0.265 e. The number of hydrogen-bond donors (Lipinski definition) is 1. The fraction of sp³-hybridized carbons (Fsp3) is 0.500. The monoisotopic (exact) mass is 281 g/mol. The summed E-state index contributed by atoms with van der Waals surface area (Å²) in [5, 5.41) is 10.6. The predicted molar refractivity (Wildman–Crippen MR) is 76.3 cm³/mol. The fourth-order valence-corrected chi connectivity index (χ4v) is 2.33. The Balaban J connectivity index is 2.83. The number of methoxy groups -OCH3 is 1. The van der Waals surface area contributed by atoms with Crippen molar-refractivity contribution in [3.63, 3.8) is 0 Å². The molecule has 0 aromatic carbocycles. The molecule has 1 aromatic rings. The quantitative estimate of drug-likeness (QED) is 0.834. The van der Waals surface area contributed by atoms with Crippen LogP contribution in [0.15, 0.2) is 11.4 Å². The molecule has 1 amide bonds. The molecule has 0 spiro atoms. The first-order valence-corrected chi connectivity index (χ1v) is 6.93.